The van der Waals surface area contributed by atoms with Crippen molar-refractivity contribution in [2.24, 2.45) is 0 Å². The molecule has 0 saturated carbocycles. The topological polar surface area (TPSA) is 112 Å². The van der Waals surface area contributed by atoms with Gasteiger partial charge >= 0.3 is 0 Å². The van der Waals surface area contributed by atoms with E-state index in [4.69, 9.17) is 17.5 Å². The first kappa shape index (κ1) is 15.6. The van der Waals surface area contributed by atoms with E-state index in [1.165, 1.54) is 0 Å². The average molecular weight is 293 g/mol. The van der Waals surface area contributed by atoms with Crippen molar-refractivity contribution in [2.45, 2.75) is 0 Å². The van der Waals surface area contributed by atoms with Gasteiger partial charge < -0.3 is 14.6 Å². The normalized spacial score (nSPS) is 8.29. The molecule has 0 bridgehead atoms. The van der Waals surface area contributed by atoms with Crippen molar-refractivity contribution in [3.63, 3.8) is 0 Å². The van der Waals surface area contributed by atoms with Crippen LogP contribution in [0.4, 0.5) is 0 Å². The molecule has 7 heavy (non-hydrogen) atoms. The summed E-state index contributed by atoms with van der Waals surface area (Å²) in [6, 6.07) is 0. The summed E-state index contributed by atoms with van der Waals surface area (Å²) in [6.07, 6.45) is 0. The van der Waals surface area contributed by atoms with E-state index in [0.717, 1.165) is 0 Å². The molecule has 0 aromatic carbocycles. The quantitative estimate of drug-likeness (QED) is 0.287. The third-order valence-corrected chi connectivity index (χ3v) is 0. The molecule has 0 saturated heterocycles. The molecule has 7 heteroatoms. The van der Waals surface area contributed by atoms with Crippen molar-refractivity contribution in [2.75, 3.05) is 0 Å². The Morgan fingerprint density at radius 3 is 1.14 bits per heavy atom. The van der Waals surface area contributed by atoms with Gasteiger partial charge in [-0.2, -0.15) is 0 Å². The SMILES string of the molecule is O.O=S(=O)([O-])[O-].[Hf]. The van der Waals surface area contributed by atoms with Gasteiger partial charge in [0.25, 0.3) is 0 Å². The molecule has 0 unspecified atom stereocenters. The van der Waals surface area contributed by atoms with E-state index < -0.39 is 10.4 Å². The van der Waals surface area contributed by atoms with E-state index in [2.05, 4.69) is 0 Å². The Bertz CT molecular complexity index is 91.2. The van der Waals surface area contributed by atoms with Crippen molar-refractivity contribution in [1.82, 2.24) is 0 Å². The van der Waals surface area contributed by atoms with Gasteiger partial charge in [0.1, 0.15) is 0 Å². The first-order valence-corrected chi connectivity index (χ1v) is 2.00. The second kappa shape index (κ2) is 4.85. The summed E-state index contributed by atoms with van der Waals surface area (Å²) in [5.41, 5.74) is 0. The summed E-state index contributed by atoms with van der Waals surface area (Å²) < 4.78 is 34.1. The Kier molecular flexibility index (Phi) is 10.8. The molecule has 0 aromatic rings. The minimum atomic E-state index is -5.17. The van der Waals surface area contributed by atoms with Crippen LogP contribution in [0, 0.1) is 0 Å². The van der Waals surface area contributed by atoms with Crippen LogP contribution >= 0.6 is 0 Å². The molecular formula is H2HfO5S-2. The minimum absolute atomic E-state index is 0. The van der Waals surface area contributed by atoms with Crippen LogP contribution in [0.15, 0.2) is 0 Å². The molecule has 5 nitrogen and oxygen atoms in total. The Morgan fingerprint density at radius 1 is 1.14 bits per heavy atom. The van der Waals surface area contributed by atoms with Gasteiger partial charge in [-0.25, -0.2) is 0 Å². The third kappa shape index (κ3) is 302. The zero-order valence-corrected chi connectivity index (χ0v) is 7.45. The molecule has 0 aromatic heterocycles. The van der Waals surface area contributed by atoms with Crippen LogP contribution in [0.3, 0.4) is 0 Å². The van der Waals surface area contributed by atoms with Crippen LogP contribution in [-0.4, -0.2) is 23.0 Å². The smallest absolute Gasteiger partial charge is 0.0311 e. The first-order valence-electron chi connectivity index (χ1n) is 0.667. The van der Waals surface area contributed by atoms with E-state index in [-0.39, 0.29) is 31.3 Å². The van der Waals surface area contributed by atoms with E-state index in [1.807, 2.05) is 0 Å². The maximum absolute atomic E-state index is 8.52. The van der Waals surface area contributed by atoms with Crippen LogP contribution in [0.25, 0.3) is 0 Å². The molecule has 0 heterocycles. The van der Waals surface area contributed by atoms with Crippen LogP contribution in [0.5, 0.6) is 0 Å². The van der Waals surface area contributed by atoms with Gasteiger partial charge in [-0.3, -0.25) is 8.42 Å². The molecule has 44 valence electrons. The largest absolute Gasteiger partial charge is 0.759 e. The van der Waals surface area contributed by atoms with Gasteiger partial charge in [0.05, 0.1) is 0 Å². The van der Waals surface area contributed by atoms with E-state index in [0.29, 0.717) is 0 Å². The second-order valence-electron chi connectivity index (χ2n) is 0.408. The average Bonchev–Trinajstić information content (AvgIpc) is 0.722. The minimum Gasteiger partial charge on any atom is -0.759 e. The number of rotatable bonds is 0. The second-order valence-corrected chi connectivity index (χ2v) is 1.22. The van der Waals surface area contributed by atoms with Crippen molar-refractivity contribution in [3.05, 3.63) is 0 Å². The molecule has 0 fully saturated rings. The summed E-state index contributed by atoms with van der Waals surface area (Å²) in [7, 11) is -5.17. The maximum Gasteiger partial charge on any atom is 0.0311 e. The van der Waals surface area contributed by atoms with E-state index in [1.54, 1.807) is 0 Å². The molecular weight excluding hydrogens is 291 g/mol. The Hall–Kier alpha value is 0.700. The first-order chi connectivity index (χ1) is 2.00. The zero-order chi connectivity index (χ0) is 4.50. The van der Waals surface area contributed by atoms with Crippen molar-refractivity contribution < 1.29 is 48.8 Å². The van der Waals surface area contributed by atoms with Crippen LogP contribution in [0.1, 0.15) is 0 Å². The summed E-state index contributed by atoms with van der Waals surface area (Å²) in [5.74, 6) is 0. The Labute approximate surface area is 59.4 Å². The third-order valence-electron chi connectivity index (χ3n) is 0. The van der Waals surface area contributed by atoms with E-state index in [9.17, 15) is 0 Å². The zero-order valence-electron chi connectivity index (χ0n) is 3.04. The van der Waals surface area contributed by atoms with Crippen LogP contribution in [-0.2, 0) is 36.2 Å². The number of hydrogen-bond acceptors (Lipinski definition) is 4. The summed E-state index contributed by atoms with van der Waals surface area (Å²) in [5, 5.41) is 0. The molecule has 0 atom stereocenters. The van der Waals surface area contributed by atoms with Gasteiger partial charge in [0.15, 0.2) is 0 Å². The van der Waals surface area contributed by atoms with Gasteiger partial charge in [-0.15, -0.1) is 0 Å². The standard InChI is InChI=1S/Hf.H2O4S.H2O/c;1-5(2,3)4;/h;(H2,1,2,3,4);1H2/p-2. The predicted octanol–water partition coefficient (Wildman–Crippen LogP) is -2.17. The summed E-state index contributed by atoms with van der Waals surface area (Å²) in [4.78, 5) is 0. The molecule has 0 aliphatic rings. The molecule has 0 spiro atoms. The van der Waals surface area contributed by atoms with Crippen molar-refractivity contribution in [1.29, 1.82) is 0 Å². The fourth-order valence-electron chi connectivity index (χ4n) is 0. The Morgan fingerprint density at radius 2 is 1.14 bits per heavy atom. The van der Waals surface area contributed by atoms with Crippen molar-refractivity contribution in [3.8, 4) is 0 Å². The van der Waals surface area contributed by atoms with E-state index >= 15 is 0 Å². The van der Waals surface area contributed by atoms with Crippen LogP contribution in [0.2, 0.25) is 0 Å². The van der Waals surface area contributed by atoms with Gasteiger partial charge in [-0.1, -0.05) is 0 Å². The molecule has 0 aliphatic heterocycles. The predicted molar refractivity (Wildman–Crippen MR) is 14.1 cm³/mol. The van der Waals surface area contributed by atoms with Gasteiger partial charge in [-0.05, 0) is 0 Å². The van der Waals surface area contributed by atoms with Crippen molar-refractivity contribution >= 4 is 10.4 Å². The van der Waals surface area contributed by atoms with Gasteiger partial charge in [0.2, 0.25) is 0 Å². The molecule has 0 aliphatic carbocycles. The molecule has 0 rings (SSSR count). The summed E-state index contributed by atoms with van der Waals surface area (Å²) >= 11 is 0. The summed E-state index contributed by atoms with van der Waals surface area (Å²) in [6.45, 7) is 0. The number of hydrogen-bond donors (Lipinski definition) is 0. The fraction of sp³-hybridized carbons (Fsp3) is 0. The molecule has 0 radical (unpaired) electrons. The maximum atomic E-state index is 8.52. The van der Waals surface area contributed by atoms with Crippen LogP contribution < -0.4 is 0 Å². The molecule has 0 amide bonds. The van der Waals surface area contributed by atoms with Gasteiger partial charge in [0, 0.05) is 36.2 Å². The Balaban J connectivity index is -0.0000000800. The monoisotopic (exact) mass is 294 g/mol. The molecule has 2 N–H and O–H groups in total. The fourth-order valence-corrected chi connectivity index (χ4v) is 0.